The molecule has 82 valence electrons. The Hall–Kier alpha value is -1.91. The highest BCUT2D eigenvalue weighted by Gasteiger charge is 2.35. The van der Waals surface area contributed by atoms with E-state index in [9.17, 15) is 0 Å². The summed E-state index contributed by atoms with van der Waals surface area (Å²) in [5.41, 5.74) is 1.56. The first-order chi connectivity index (χ1) is 7.58. The summed E-state index contributed by atoms with van der Waals surface area (Å²) in [6, 6.07) is 5.99. The van der Waals surface area contributed by atoms with Gasteiger partial charge in [-0.05, 0) is 48.9 Å². The Morgan fingerprint density at radius 3 is 2.94 bits per heavy atom. The van der Waals surface area contributed by atoms with E-state index in [2.05, 4.69) is 15.5 Å². The molecule has 5 heteroatoms. The summed E-state index contributed by atoms with van der Waals surface area (Å²) in [5, 5.41) is 11.7. The average molecular weight is 216 g/mol. The number of hydrogen-bond donors (Lipinski definition) is 0. The maximum atomic E-state index is 5.90. The van der Waals surface area contributed by atoms with Gasteiger partial charge in [0.15, 0.2) is 11.4 Å². The minimum atomic E-state index is -0.494. The van der Waals surface area contributed by atoms with Crippen LogP contribution in [0.3, 0.4) is 0 Å². The maximum absolute atomic E-state index is 5.90. The number of ether oxygens (including phenoxy) is 1. The molecule has 0 unspecified atom stereocenters. The van der Waals surface area contributed by atoms with Crippen molar-refractivity contribution >= 4 is 0 Å². The van der Waals surface area contributed by atoms with E-state index in [0.29, 0.717) is 0 Å². The van der Waals surface area contributed by atoms with Gasteiger partial charge in [0.25, 0.3) is 0 Å². The third kappa shape index (κ3) is 1.14. The fourth-order valence-electron chi connectivity index (χ4n) is 1.92. The van der Waals surface area contributed by atoms with Crippen LogP contribution in [0.25, 0.3) is 5.69 Å². The molecule has 1 aliphatic rings. The van der Waals surface area contributed by atoms with Crippen LogP contribution < -0.4 is 4.74 Å². The Morgan fingerprint density at radius 2 is 2.12 bits per heavy atom. The monoisotopic (exact) mass is 216 g/mol. The van der Waals surface area contributed by atoms with Crippen LogP contribution in [0.1, 0.15) is 25.2 Å². The molecule has 0 amide bonds. The van der Waals surface area contributed by atoms with Gasteiger partial charge in [-0.15, -0.1) is 5.10 Å². The first-order valence-electron chi connectivity index (χ1n) is 5.17. The number of fused-ring (bicyclic) bond motifs is 3. The molecule has 5 nitrogen and oxygen atoms in total. The Labute approximate surface area is 93.0 Å². The van der Waals surface area contributed by atoms with E-state index in [0.717, 1.165) is 22.8 Å². The molecule has 2 heterocycles. The smallest absolute Gasteiger partial charge is 0.199 e. The highest BCUT2D eigenvalue weighted by atomic mass is 16.5. The summed E-state index contributed by atoms with van der Waals surface area (Å²) in [6.45, 7) is 5.94. The zero-order chi connectivity index (χ0) is 11.3. The van der Waals surface area contributed by atoms with Crippen molar-refractivity contribution in [2.45, 2.75) is 26.4 Å². The maximum Gasteiger partial charge on any atom is 0.199 e. The molecule has 1 aliphatic heterocycles. The van der Waals surface area contributed by atoms with Crippen molar-refractivity contribution in [3.05, 3.63) is 29.6 Å². The largest absolute Gasteiger partial charge is 0.478 e. The second kappa shape index (κ2) is 2.81. The first kappa shape index (κ1) is 9.33. The highest BCUT2D eigenvalue weighted by molar-refractivity contribution is 5.51. The van der Waals surface area contributed by atoms with Crippen LogP contribution in [0.5, 0.6) is 5.75 Å². The van der Waals surface area contributed by atoms with Gasteiger partial charge in [-0.1, -0.05) is 6.07 Å². The molecule has 3 rings (SSSR count). The van der Waals surface area contributed by atoms with Gasteiger partial charge in [0.05, 0.1) is 0 Å². The Balaban J connectivity index is 2.31. The van der Waals surface area contributed by atoms with E-state index in [4.69, 9.17) is 4.74 Å². The molecule has 0 saturated heterocycles. The molecule has 0 fully saturated rings. The van der Waals surface area contributed by atoms with Crippen molar-refractivity contribution in [3.63, 3.8) is 0 Å². The van der Waals surface area contributed by atoms with E-state index in [1.54, 1.807) is 4.68 Å². The van der Waals surface area contributed by atoms with Crippen LogP contribution in [0, 0.1) is 6.92 Å². The Kier molecular flexibility index (Phi) is 1.64. The van der Waals surface area contributed by atoms with E-state index in [1.165, 1.54) is 0 Å². The van der Waals surface area contributed by atoms with Crippen LogP contribution in [-0.4, -0.2) is 20.2 Å². The van der Waals surface area contributed by atoms with Crippen molar-refractivity contribution < 1.29 is 4.74 Å². The van der Waals surface area contributed by atoms with Crippen LogP contribution in [0.2, 0.25) is 0 Å². The van der Waals surface area contributed by atoms with E-state index < -0.39 is 5.60 Å². The lowest BCUT2D eigenvalue weighted by Gasteiger charge is -2.30. The first-order valence-corrected chi connectivity index (χ1v) is 5.17. The predicted octanol–water partition coefficient (Wildman–Crippen LogP) is 1.60. The molecule has 0 aliphatic carbocycles. The minimum absolute atomic E-state index is 0.494. The summed E-state index contributed by atoms with van der Waals surface area (Å²) in [7, 11) is 0. The molecule has 0 saturated carbocycles. The second-order valence-electron chi connectivity index (χ2n) is 4.50. The SMILES string of the molecule is Cc1ccc2c(c1)-n1nnnc1C(C)(C)O2. The summed E-state index contributed by atoms with van der Waals surface area (Å²) in [6.07, 6.45) is 0. The van der Waals surface area contributed by atoms with Gasteiger partial charge >= 0.3 is 0 Å². The van der Waals surface area contributed by atoms with Crippen molar-refractivity contribution in [3.8, 4) is 11.4 Å². The Morgan fingerprint density at radius 1 is 1.31 bits per heavy atom. The van der Waals surface area contributed by atoms with Gasteiger partial charge in [0, 0.05) is 0 Å². The van der Waals surface area contributed by atoms with Gasteiger partial charge in [-0.3, -0.25) is 0 Å². The standard InChI is InChI=1S/C11H12N4O/c1-7-4-5-9-8(6-7)15-10(12-13-14-15)11(2,3)16-9/h4-6H,1-3H3. The molecule has 16 heavy (non-hydrogen) atoms. The zero-order valence-corrected chi connectivity index (χ0v) is 9.43. The summed E-state index contributed by atoms with van der Waals surface area (Å²) in [5.74, 6) is 1.54. The van der Waals surface area contributed by atoms with Gasteiger partial charge in [0.2, 0.25) is 0 Å². The fourth-order valence-corrected chi connectivity index (χ4v) is 1.92. The number of hydrogen-bond acceptors (Lipinski definition) is 4. The zero-order valence-electron chi connectivity index (χ0n) is 9.43. The van der Waals surface area contributed by atoms with Gasteiger partial charge in [-0.2, -0.15) is 4.68 Å². The third-order valence-electron chi connectivity index (χ3n) is 2.72. The molecule has 1 aromatic carbocycles. The average Bonchev–Trinajstić information content (AvgIpc) is 2.69. The van der Waals surface area contributed by atoms with E-state index in [-0.39, 0.29) is 0 Å². The normalized spacial score (nSPS) is 16.2. The highest BCUT2D eigenvalue weighted by Crippen LogP contribution is 2.36. The molecule has 2 aromatic rings. The number of rotatable bonds is 0. The lowest BCUT2D eigenvalue weighted by atomic mass is 10.1. The van der Waals surface area contributed by atoms with Gasteiger partial charge in [-0.25, -0.2) is 0 Å². The van der Waals surface area contributed by atoms with Crippen LogP contribution >= 0.6 is 0 Å². The Bertz CT molecular complexity index is 559. The van der Waals surface area contributed by atoms with Crippen LogP contribution in [-0.2, 0) is 5.60 Å². The quantitative estimate of drug-likeness (QED) is 0.671. The molecular weight excluding hydrogens is 204 g/mol. The minimum Gasteiger partial charge on any atom is -0.478 e. The summed E-state index contributed by atoms with van der Waals surface area (Å²) >= 11 is 0. The molecular formula is C11H12N4O. The molecule has 0 radical (unpaired) electrons. The molecule has 0 atom stereocenters. The van der Waals surface area contributed by atoms with Crippen molar-refractivity contribution in [2.75, 3.05) is 0 Å². The number of nitrogens with zero attached hydrogens (tertiary/aromatic N) is 4. The van der Waals surface area contributed by atoms with Crippen molar-refractivity contribution in [2.24, 2.45) is 0 Å². The predicted molar refractivity (Wildman–Crippen MR) is 57.5 cm³/mol. The van der Waals surface area contributed by atoms with Crippen molar-refractivity contribution in [1.82, 2.24) is 20.2 Å². The topological polar surface area (TPSA) is 52.8 Å². The van der Waals surface area contributed by atoms with Gasteiger partial charge < -0.3 is 4.74 Å². The fraction of sp³-hybridized carbons (Fsp3) is 0.364. The molecule has 1 aromatic heterocycles. The molecule has 0 spiro atoms. The molecule has 0 N–H and O–H groups in total. The number of tetrazole rings is 1. The number of benzene rings is 1. The van der Waals surface area contributed by atoms with Crippen LogP contribution in [0.15, 0.2) is 18.2 Å². The van der Waals surface area contributed by atoms with Gasteiger partial charge in [0.1, 0.15) is 11.4 Å². The van der Waals surface area contributed by atoms with E-state index >= 15 is 0 Å². The van der Waals surface area contributed by atoms with Crippen LogP contribution in [0.4, 0.5) is 0 Å². The lowest BCUT2D eigenvalue weighted by molar-refractivity contribution is 0.0853. The summed E-state index contributed by atoms with van der Waals surface area (Å²) in [4.78, 5) is 0. The number of aryl methyl sites for hydroxylation is 1. The lowest BCUT2D eigenvalue weighted by Crippen LogP contribution is -2.33. The van der Waals surface area contributed by atoms with Crippen molar-refractivity contribution in [1.29, 1.82) is 0 Å². The second-order valence-corrected chi connectivity index (χ2v) is 4.50. The third-order valence-corrected chi connectivity index (χ3v) is 2.72. The number of aromatic nitrogens is 4. The summed E-state index contributed by atoms with van der Waals surface area (Å²) < 4.78 is 7.64. The van der Waals surface area contributed by atoms with E-state index in [1.807, 2.05) is 39.0 Å². The molecule has 0 bridgehead atoms.